The van der Waals surface area contributed by atoms with Crippen molar-refractivity contribution in [1.82, 2.24) is 14.8 Å². The van der Waals surface area contributed by atoms with Gasteiger partial charge in [0.1, 0.15) is 0 Å². The van der Waals surface area contributed by atoms with Crippen LogP contribution in [0.5, 0.6) is 0 Å². The van der Waals surface area contributed by atoms with E-state index < -0.39 is 0 Å². The number of thioether (sulfide) groups is 1. The molecule has 0 spiro atoms. The highest BCUT2D eigenvalue weighted by molar-refractivity contribution is 9.10. The van der Waals surface area contributed by atoms with Crippen molar-refractivity contribution in [2.24, 2.45) is 7.05 Å². The van der Waals surface area contributed by atoms with Crippen LogP contribution in [0, 0.1) is 0 Å². The van der Waals surface area contributed by atoms with Gasteiger partial charge in [-0.15, -0.1) is 0 Å². The summed E-state index contributed by atoms with van der Waals surface area (Å²) in [5, 5.41) is 7.11. The summed E-state index contributed by atoms with van der Waals surface area (Å²) in [5.41, 5.74) is 4.74. The molecule has 1 aromatic carbocycles. The molecule has 1 N–H and O–H groups in total. The fourth-order valence-electron chi connectivity index (χ4n) is 2.63. The molecular weight excluding hydrogens is 424 g/mol. The van der Waals surface area contributed by atoms with Gasteiger partial charge in [0.25, 0.3) is 0 Å². The van der Waals surface area contributed by atoms with Crippen LogP contribution in [0.3, 0.4) is 0 Å². The fourth-order valence-corrected chi connectivity index (χ4v) is 3.75. The zero-order valence-corrected chi connectivity index (χ0v) is 17.4. The van der Waals surface area contributed by atoms with Crippen LogP contribution in [0.4, 0.5) is 5.69 Å². The molecule has 2 aromatic heterocycles. The van der Waals surface area contributed by atoms with Crippen molar-refractivity contribution < 1.29 is 4.79 Å². The maximum absolute atomic E-state index is 12.3. The van der Waals surface area contributed by atoms with Gasteiger partial charge in [-0.25, -0.2) is 0 Å². The minimum atomic E-state index is -0.187. The van der Waals surface area contributed by atoms with Crippen molar-refractivity contribution in [3.63, 3.8) is 0 Å². The predicted molar refractivity (Wildman–Crippen MR) is 115 cm³/mol. The number of aryl methyl sites for hydroxylation is 1. The van der Waals surface area contributed by atoms with Crippen molar-refractivity contribution in [3.05, 3.63) is 70.7 Å². The summed E-state index contributed by atoms with van der Waals surface area (Å²) >= 11 is 5.27. The van der Waals surface area contributed by atoms with Gasteiger partial charge in [0.15, 0.2) is 0 Å². The van der Waals surface area contributed by atoms with E-state index in [4.69, 9.17) is 0 Å². The van der Waals surface area contributed by atoms with Crippen LogP contribution in [-0.2, 0) is 17.6 Å². The lowest BCUT2D eigenvalue weighted by molar-refractivity contribution is -0.111. The second-order valence-electron chi connectivity index (χ2n) is 5.93. The molecule has 1 amide bonds. The zero-order valence-electron chi connectivity index (χ0n) is 15.0. The Hall–Kier alpha value is -2.38. The number of rotatable bonds is 6. The van der Waals surface area contributed by atoms with Crippen molar-refractivity contribution >= 4 is 45.4 Å². The number of benzene rings is 1. The minimum absolute atomic E-state index is 0.187. The molecule has 7 heteroatoms. The third kappa shape index (κ3) is 5.08. The molecule has 0 bridgehead atoms. The summed E-state index contributed by atoms with van der Waals surface area (Å²) in [6, 6.07) is 7.73. The highest BCUT2D eigenvalue weighted by Gasteiger charge is 2.07. The Balaban J connectivity index is 1.75. The first-order chi connectivity index (χ1) is 13.1. The lowest BCUT2D eigenvalue weighted by Crippen LogP contribution is -2.08. The van der Waals surface area contributed by atoms with E-state index in [0.29, 0.717) is 0 Å². The molecule has 0 aliphatic carbocycles. The van der Waals surface area contributed by atoms with Crippen LogP contribution >= 0.6 is 27.7 Å². The van der Waals surface area contributed by atoms with Crippen molar-refractivity contribution in [1.29, 1.82) is 0 Å². The molecule has 0 fully saturated rings. The number of nitrogens with one attached hydrogen (secondary N) is 1. The van der Waals surface area contributed by atoms with E-state index in [0.717, 1.165) is 38.2 Å². The fraction of sp³-hybridized carbons (Fsp3) is 0.150. The zero-order chi connectivity index (χ0) is 19.2. The summed E-state index contributed by atoms with van der Waals surface area (Å²) in [6.45, 7) is 0. The molecule has 0 radical (unpaired) electrons. The first-order valence-electron chi connectivity index (χ1n) is 8.26. The summed E-state index contributed by atoms with van der Waals surface area (Å²) < 4.78 is 2.79. The third-order valence-corrected chi connectivity index (χ3v) is 5.27. The largest absolute Gasteiger partial charge is 0.323 e. The number of anilines is 1. The van der Waals surface area contributed by atoms with E-state index in [2.05, 4.69) is 31.3 Å². The molecule has 0 atom stereocenters. The molecule has 0 saturated carbocycles. The van der Waals surface area contributed by atoms with Gasteiger partial charge >= 0.3 is 0 Å². The first-order valence-corrected chi connectivity index (χ1v) is 10.4. The number of carbonyl (C=O) groups is 1. The number of amides is 1. The van der Waals surface area contributed by atoms with Crippen molar-refractivity contribution in [2.75, 3.05) is 11.6 Å². The number of hydrogen-bond donors (Lipinski definition) is 1. The van der Waals surface area contributed by atoms with Crippen LogP contribution in [-0.4, -0.2) is 26.9 Å². The predicted octanol–water partition coefficient (Wildman–Crippen LogP) is 4.76. The Bertz CT molecular complexity index is 984. The molecule has 138 valence electrons. The van der Waals surface area contributed by atoms with Crippen molar-refractivity contribution in [2.45, 2.75) is 5.75 Å². The van der Waals surface area contributed by atoms with Gasteiger partial charge in [0, 0.05) is 58.8 Å². The van der Waals surface area contributed by atoms with Gasteiger partial charge < -0.3 is 5.32 Å². The Kier molecular flexibility index (Phi) is 6.47. The Morgan fingerprint density at radius 1 is 1.33 bits per heavy atom. The van der Waals surface area contributed by atoms with E-state index >= 15 is 0 Å². The van der Waals surface area contributed by atoms with Gasteiger partial charge in [0.05, 0.1) is 6.20 Å². The minimum Gasteiger partial charge on any atom is -0.323 e. The highest BCUT2D eigenvalue weighted by atomic mass is 79.9. The van der Waals surface area contributed by atoms with Gasteiger partial charge in [-0.3, -0.25) is 14.5 Å². The van der Waals surface area contributed by atoms with Gasteiger partial charge in [-0.2, -0.15) is 16.9 Å². The number of carbonyl (C=O) groups excluding carboxylic acids is 1. The van der Waals surface area contributed by atoms with Crippen LogP contribution < -0.4 is 5.32 Å². The average Bonchev–Trinajstić information content (AvgIpc) is 3.09. The second-order valence-corrected chi connectivity index (χ2v) is 7.65. The smallest absolute Gasteiger partial charge is 0.248 e. The van der Waals surface area contributed by atoms with Crippen LogP contribution in [0.25, 0.3) is 17.2 Å². The molecule has 0 aliphatic heterocycles. The standard InChI is InChI=1S/C20H19BrN4OS/c1-25-12-16(11-23-25)18-7-8-22-10-14(18)3-6-20(26)24-17-4-5-19(21)15(9-17)13-27-2/h3-12H,13H2,1-2H3,(H,24,26)/b6-3+. The van der Waals surface area contributed by atoms with E-state index in [1.165, 1.54) is 6.08 Å². The number of halogens is 1. The average molecular weight is 443 g/mol. The monoisotopic (exact) mass is 442 g/mol. The SMILES string of the molecule is CSCc1cc(NC(=O)/C=C/c2cnccc2-c2cnn(C)c2)ccc1Br. The number of aromatic nitrogens is 3. The summed E-state index contributed by atoms with van der Waals surface area (Å²) in [6.07, 6.45) is 12.5. The quantitative estimate of drug-likeness (QED) is 0.559. The Morgan fingerprint density at radius 3 is 2.93 bits per heavy atom. The van der Waals surface area contributed by atoms with Gasteiger partial charge in [0.2, 0.25) is 5.91 Å². The number of hydrogen-bond acceptors (Lipinski definition) is 4. The second kappa shape index (κ2) is 9.01. The molecule has 5 nitrogen and oxygen atoms in total. The summed E-state index contributed by atoms with van der Waals surface area (Å²) in [5.74, 6) is 0.693. The lowest BCUT2D eigenvalue weighted by Gasteiger charge is -2.07. The maximum Gasteiger partial charge on any atom is 0.248 e. The van der Waals surface area contributed by atoms with E-state index in [-0.39, 0.29) is 5.91 Å². The molecule has 2 heterocycles. The van der Waals surface area contributed by atoms with Gasteiger partial charge in [-0.05, 0) is 47.7 Å². The number of nitrogens with zero attached hydrogens (tertiary/aromatic N) is 3. The van der Waals surface area contributed by atoms with Gasteiger partial charge in [-0.1, -0.05) is 15.9 Å². The molecule has 0 aliphatic rings. The Morgan fingerprint density at radius 2 is 2.19 bits per heavy atom. The molecule has 0 saturated heterocycles. The van der Waals surface area contributed by atoms with Crippen molar-refractivity contribution in [3.8, 4) is 11.1 Å². The van der Waals surface area contributed by atoms with E-state index in [1.54, 1.807) is 41.1 Å². The lowest BCUT2D eigenvalue weighted by atomic mass is 10.0. The molecular formula is C20H19BrN4OS. The highest BCUT2D eigenvalue weighted by Crippen LogP contribution is 2.25. The van der Waals surface area contributed by atoms with E-state index in [1.807, 2.05) is 43.8 Å². The molecule has 27 heavy (non-hydrogen) atoms. The van der Waals surface area contributed by atoms with Crippen LogP contribution in [0.1, 0.15) is 11.1 Å². The Labute approximate surface area is 171 Å². The van der Waals surface area contributed by atoms with Crippen LogP contribution in [0.2, 0.25) is 0 Å². The normalized spacial score (nSPS) is 11.1. The summed E-state index contributed by atoms with van der Waals surface area (Å²) in [4.78, 5) is 16.5. The van der Waals surface area contributed by atoms with Crippen LogP contribution in [0.15, 0.2) is 59.6 Å². The maximum atomic E-state index is 12.3. The van der Waals surface area contributed by atoms with E-state index in [9.17, 15) is 4.79 Å². The first kappa shape index (κ1) is 19.4. The summed E-state index contributed by atoms with van der Waals surface area (Å²) in [7, 11) is 1.87. The molecule has 3 aromatic rings. The number of pyridine rings is 1. The third-order valence-electron chi connectivity index (χ3n) is 3.90. The molecule has 3 rings (SSSR count). The topological polar surface area (TPSA) is 59.8 Å². The molecule has 0 unspecified atom stereocenters.